The summed E-state index contributed by atoms with van der Waals surface area (Å²) in [7, 11) is 1.69. The summed E-state index contributed by atoms with van der Waals surface area (Å²) in [5.41, 5.74) is 5.60. The van der Waals surface area contributed by atoms with E-state index in [4.69, 9.17) is 15.2 Å². The molecule has 14 heavy (non-hydrogen) atoms. The lowest BCUT2D eigenvalue weighted by atomic mass is 10.3. The fraction of sp³-hybridized carbons (Fsp3) is 0.500. The van der Waals surface area contributed by atoms with Crippen molar-refractivity contribution in [2.75, 3.05) is 26.1 Å². The van der Waals surface area contributed by atoms with Gasteiger partial charge in [0.2, 0.25) is 0 Å². The lowest BCUT2D eigenvalue weighted by molar-refractivity contribution is 0.184. The minimum absolute atomic E-state index is 0.444. The Morgan fingerprint density at radius 3 is 2.86 bits per heavy atom. The van der Waals surface area contributed by atoms with Gasteiger partial charge in [0.25, 0.3) is 0 Å². The molecule has 4 heteroatoms. The van der Waals surface area contributed by atoms with E-state index in [1.807, 2.05) is 6.07 Å². The standard InChI is InChI=1S/C10H16N2O2/c1-13-7-2-3-8-14-9-5-4-6-12-10(9)11/h4-6H,2-3,7-8H2,1H3,(H2,11,12). The van der Waals surface area contributed by atoms with E-state index in [-0.39, 0.29) is 0 Å². The summed E-state index contributed by atoms with van der Waals surface area (Å²) in [5, 5.41) is 0. The van der Waals surface area contributed by atoms with Crippen LogP contribution in [0, 0.1) is 0 Å². The van der Waals surface area contributed by atoms with Gasteiger partial charge in [-0.25, -0.2) is 4.98 Å². The third-order valence-electron chi connectivity index (χ3n) is 1.80. The average Bonchev–Trinajstić information content (AvgIpc) is 2.20. The predicted octanol–water partition coefficient (Wildman–Crippen LogP) is 1.47. The van der Waals surface area contributed by atoms with E-state index >= 15 is 0 Å². The zero-order chi connectivity index (χ0) is 10.2. The highest BCUT2D eigenvalue weighted by molar-refractivity contribution is 5.44. The number of ether oxygens (including phenoxy) is 2. The van der Waals surface area contributed by atoms with Crippen molar-refractivity contribution >= 4 is 5.82 Å². The van der Waals surface area contributed by atoms with Crippen molar-refractivity contribution in [3.8, 4) is 5.75 Å². The van der Waals surface area contributed by atoms with Crippen LogP contribution in [0.1, 0.15) is 12.8 Å². The van der Waals surface area contributed by atoms with Gasteiger partial charge in [0.05, 0.1) is 6.61 Å². The van der Waals surface area contributed by atoms with E-state index in [1.54, 1.807) is 19.4 Å². The Kier molecular flexibility index (Phi) is 4.78. The van der Waals surface area contributed by atoms with Gasteiger partial charge in [-0.3, -0.25) is 0 Å². The first-order chi connectivity index (χ1) is 6.84. The van der Waals surface area contributed by atoms with Crippen LogP contribution in [-0.2, 0) is 4.74 Å². The molecule has 0 radical (unpaired) electrons. The maximum Gasteiger partial charge on any atom is 0.166 e. The second-order valence-electron chi connectivity index (χ2n) is 2.94. The van der Waals surface area contributed by atoms with Gasteiger partial charge in [-0.05, 0) is 25.0 Å². The van der Waals surface area contributed by atoms with Gasteiger partial charge in [-0.15, -0.1) is 0 Å². The van der Waals surface area contributed by atoms with Crippen LogP contribution in [0.15, 0.2) is 18.3 Å². The van der Waals surface area contributed by atoms with Crippen molar-refractivity contribution in [2.45, 2.75) is 12.8 Å². The summed E-state index contributed by atoms with van der Waals surface area (Å²) in [4.78, 5) is 3.92. The molecule has 0 saturated heterocycles. The van der Waals surface area contributed by atoms with Crippen LogP contribution in [0.4, 0.5) is 5.82 Å². The van der Waals surface area contributed by atoms with Crippen molar-refractivity contribution in [3.63, 3.8) is 0 Å². The molecule has 1 aromatic heterocycles. The SMILES string of the molecule is COCCCCOc1cccnc1N. The summed E-state index contributed by atoms with van der Waals surface area (Å²) in [6.07, 6.45) is 3.60. The Morgan fingerprint density at radius 1 is 1.36 bits per heavy atom. The molecule has 78 valence electrons. The third kappa shape index (κ3) is 3.62. The zero-order valence-corrected chi connectivity index (χ0v) is 8.40. The molecule has 0 atom stereocenters. The van der Waals surface area contributed by atoms with Crippen molar-refractivity contribution in [3.05, 3.63) is 18.3 Å². The molecular formula is C10H16N2O2. The summed E-state index contributed by atoms with van der Waals surface area (Å²) in [6.45, 7) is 1.42. The van der Waals surface area contributed by atoms with Crippen molar-refractivity contribution in [2.24, 2.45) is 0 Å². The minimum Gasteiger partial charge on any atom is -0.490 e. The molecule has 0 saturated carbocycles. The van der Waals surface area contributed by atoms with Crippen molar-refractivity contribution in [1.82, 2.24) is 4.98 Å². The molecule has 1 heterocycles. The first kappa shape index (κ1) is 10.8. The maximum absolute atomic E-state index is 5.60. The highest BCUT2D eigenvalue weighted by Crippen LogP contribution is 2.16. The lowest BCUT2D eigenvalue weighted by Crippen LogP contribution is -2.02. The van der Waals surface area contributed by atoms with Gasteiger partial charge >= 0.3 is 0 Å². The second-order valence-corrected chi connectivity index (χ2v) is 2.94. The van der Waals surface area contributed by atoms with E-state index in [0.717, 1.165) is 19.4 Å². The number of hydrogen-bond donors (Lipinski definition) is 1. The molecule has 0 aromatic carbocycles. The molecule has 1 rings (SSSR count). The number of methoxy groups -OCH3 is 1. The fourth-order valence-electron chi connectivity index (χ4n) is 1.06. The van der Waals surface area contributed by atoms with E-state index in [1.165, 1.54) is 0 Å². The molecule has 0 unspecified atom stereocenters. The molecule has 0 aliphatic heterocycles. The van der Waals surface area contributed by atoms with Crippen LogP contribution in [0.25, 0.3) is 0 Å². The van der Waals surface area contributed by atoms with Gasteiger partial charge in [-0.2, -0.15) is 0 Å². The number of nitrogens with two attached hydrogens (primary N) is 1. The van der Waals surface area contributed by atoms with Crippen LogP contribution < -0.4 is 10.5 Å². The van der Waals surface area contributed by atoms with Crippen LogP contribution >= 0.6 is 0 Å². The summed E-state index contributed by atoms with van der Waals surface area (Å²) in [5.74, 6) is 1.10. The minimum atomic E-state index is 0.444. The number of aromatic nitrogens is 1. The largest absolute Gasteiger partial charge is 0.490 e. The van der Waals surface area contributed by atoms with Crippen LogP contribution in [0.3, 0.4) is 0 Å². The van der Waals surface area contributed by atoms with Gasteiger partial charge in [0, 0.05) is 19.9 Å². The van der Waals surface area contributed by atoms with Crippen LogP contribution in [-0.4, -0.2) is 25.3 Å². The van der Waals surface area contributed by atoms with Crippen LogP contribution in [0.5, 0.6) is 5.75 Å². The predicted molar refractivity (Wildman–Crippen MR) is 55.3 cm³/mol. The molecule has 1 aromatic rings. The Balaban J connectivity index is 2.21. The van der Waals surface area contributed by atoms with Crippen molar-refractivity contribution in [1.29, 1.82) is 0 Å². The molecule has 0 amide bonds. The van der Waals surface area contributed by atoms with Gasteiger partial charge < -0.3 is 15.2 Å². The number of nitrogen functional groups attached to an aromatic ring is 1. The first-order valence-corrected chi connectivity index (χ1v) is 4.67. The summed E-state index contributed by atoms with van der Waals surface area (Å²) >= 11 is 0. The van der Waals surface area contributed by atoms with Crippen molar-refractivity contribution < 1.29 is 9.47 Å². The monoisotopic (exact) mass is 196 g/mol. The number of nitrogens with zero attached hydrogens (tertiary/aromatic N) is 1. The van der Waals surface area contributed by atoms with Crippen LogP contribution in [0.2, 0.25) is 0 Å². The zero-order valence-electron chi connectivity index (χ0n) is 8.40. The molecule has 0 bridgehead atoms. The molecule has 0 aliphatic rings. The Morgan fingerprint density at radius 2 is 2.14 bits per heavy atom. The van der Waals surface area contributed by atoms with Gasteiger partial charge in [-0.1, -0.05) is 0 Å². The molecule has 0 fully saturated rings. The quantitative estimate of drug-likeness (QED) is 0.700. The highest BCUT2D eigenvalue weighted by Gasteiger charge is 1.98. The smallest absolute Gasteiger partial charge is 0.166 e. The molecule has 0 spiro atoms. The summed E-state index contributed by atoms with van der Waals surface area (Å²) < 4.78 is 10.4. The number of hydrogen-bond acceptors (Lipinski definition) is 4. The van der Waals surface area contributed by atoms with Gasteiger partial charge in [0.1, 0.15) is 0 Å². The van der Waals surface area contributed by atoms with E-state index < -0.39 is 0 Å². The molecule has 0 aliphatic carbocycles. The number of rotatable bonds is 6. The molecule has 2 N–H and O–H groups in total. The van der Waals surface area contributed by atoms with Gasteiger partial charge in [0.15, 0.2) is 11.6 Å². The number of unbranched alkanes of at least 4 members (excludes halogenated alkanes) is 1. The van der Waals surface area contributed by atoms with E-state index in [9.17, 15) is 0 Å². The lowest BCUT2D eigenvalue weighted by Gasteiger charge is -2.06. The normalized spacial score (nSPS) is 10.1. The topological polar surface area (TPSA) is 57.4 Å². The molecule has 4 nitrogen and oxygen atoms in total. The average molecular weight is 196 g/mol. The third-order valence-corrected chi connectivity index (χ3v) is 1.80. The highest BCUT2D eigenvalue weighted by atomic mass is 16.5. The van der Waals surface area contributed by atoms with E-state index in [2.05, 4.69) is 4.98 Å². The fourth-order valence-corrected chi connectivity index (χ4v) is 1.06. The second kappa shape index (κ2) is 6.21. The Bertz CT molecular complexity index is 266. The Hall–Kier alpha value is -1.29. The summed E-state index contributed by atoms with van der Waals surface area (Å²) in [6, 6.07) is 3.62. The molecular weight excluding hydrogens is 180 g/mol. The Labute approximate surface area is 84.0 Å². The van der Waals surface area contributed by atoms with E-state index in [0.29, 0.717) is 18.2 Å². The number of pyridine rings is 1. The maximum atomic E-state index is 5.60. The first-order valence-electron chi connectivity index (χ1n) is 4.67. The number of anilines is 1.